The minimum absolute atomic E-state index is 0.284. The van der Waals surface area contributed by atoms with Crippen LogP contribution in [0.5, 0.6) is 0 Å². The molecule has 1 saturated carbocycles. The summed E-state index contributed by atoms with van der Waals surface area (Å²) in [6.45, 7) is 13.8. The lowest BCUT2D eigenvalue weighted by Crippen LogP contribution is -2.31. The number of rotatable bonds is 3. The standard InChI is InChI=1S/C26H35N2S/c1-16-12-17(2)18(3)20(13-16)24-25-23(27-15-28(24)7)22(19-10-8-9-11-19)21(29-25)14-26(4,5)6/h12-13,15,19H,8-11,14H2,1-7H3/q+1. The Balaban J connectivity index is 2.02. The number of benzene rings is 1. The smallest absolute Gasteiger partial charge is 0.231 e. The first-order valence-electron chi connectivity index (χ1n) is 11.0. The average Bonchev–Trinajstić information content (AvgIpc) is 3.24. The minimum Gasteiger partial charge on any atom is -0.231 e. The Morgan fingerprint density at radius 2 is 1.79 bits per heavy atom. The van der Waals surface area contributed by atoms with E-state index in [2.05, 4.69) is 65.3 Å². The third-order valence-corrected chi connectivity index (χ3v) is 7.65. The lowest BCUT2D eigenvalue weighted by molar-refractivity contribution is -0.662. The summed E-state index contributed by atoms with van der Waals surface area (Å²) in [7, 11) is 2.15. The maximum Gasteiger partial charge on any atom is 0.287 e. The van der Waals surface area contributed by atoms with Crippen LogP contribution in [-0.2, 0) is 13.5 Å². The Morgan fingerprint density at radius 3 is 2.45 bits per heavy atom. The molecule has 0 N–H and O–H groups in total. The van der Waals surface area contributed by atoms with Crippen LogP contribution < -0.4 is 4.57 Å². The number of thiophene rings is 1. The van der Waals surface area contributed by atoms with Crippen molar-refractivity contribution in [2.24, 2.45) is 12.5 Å². The van der Waals surface area contributed by atoms with Crippen LogP contribution in [0.3, 0.4) is 0 Å². The summed E-state index contributed by atoms with van der Waals surface area (Å²) in [4.78, 5) is 6.58. The zero-order valence-electron chi connectivity index (χ0n) is 19.1. The fourth-order valence-corrected chi connectivity index (χ4v) is 6.71. The van der Waals surface area contributed by atoms with E-state index in [1.165, 1.54) is 63.8 Å². The van der Waals surface area contributed by atoms with Crippen LogP contribution in [0.1, 0.15) is 79.5 Å². The molecule has 0 radical (unpaired) electrons. The second kappa shape index (κ2) is 7.50. The fourth-order valence-electron chi connectivity index (χ4n) is 4.98. The highest BCUT2D eigenvalue weighted by atomic mass is 32.1. The molecule has 0 aliphatic heterocycles. The first-order valence-corrected chi connectivity index (χ1v) is 11.9. The second-order valence-electron chi connectivity index (χ2n) is 10.3. The molecule has 0 saturated heterocycles. The van der Waals surface area contributed by atoms with Crippen molar-refractivity contribution < 1.29 is 4.57 Å². The summed E-state index contributed by atoms with van der Waals surface area (Å²) in [5, 5.41) is 0. The van der Waals surface area contributed by atoms with Crippen molar-refractivity contribution in [2.45, 2.75) is 79.6 Å². The maximum atomic E-state index is 5.01. The third kappa shape index (κ3) is 3.86. The Morgan fingerprint density at radius 1 is 1.10 bits per heavy atom. The molecule has 3 aromatic rings. The molecule has 0 bridgehead atoms. The molecule has 2 heterocycles. The monoisotopic (exact) mass is 407 g/mol. The molecule has 29 heavy (non-hydrogen) atoms. The summed E-state index contributed by atoms with van der Waals surface area (Å²) in [6.07, 6.45) is 8.55. The Bertz CT molecular complexity index is 1060. The second-order valence-corrected chi connectivity index (χ2v) is 11.4. The van der Waals surface area contributed by atoms with Gasteiger partial charge in [-0.25, -0.2) is 4.57 Å². The van der Waals surface area contributed by atoms with Crippen molar-refractivity contribution in [1.82, 2.24) is 4.98 Å². The van der Waals surface area contributed by atoms with E-state index in [4.69, 9.17) is 4.98 Å². The van der Waals surface area contributed by atoms with Gasteiger partial charge in [0.1, 0.15) is 4.70 Å². The van der Waals surface area contributed by atoms with Crippen molar-refractivity contribution in [3.63, 3.8) is 0 Å². The van der Waals surface area contributed by atoms with Crippen LogP contribution in [0.2, 0.25) is 0 Å². The predicted molar refractivity (Wildman–Crippen MR) is 125 cm³/mol. The molecule has 0 atom stereocenters. The van der Waals surface area contributed by atoms with Gasteiger partial charge in [-0.15, -0.1) is 11.3 Å². The van der Waals surface area contributed by atoms with E-state index in [0.717, 1.165) is 6.42 Å². The highest BCUT2D eigenvalue weighted by Crippen LogP contribution is 2.46. The van der Waals surface area contributed by atoms with Gasteiger partial charge in [-0.3, -0.25) is 0 Å². The minimum atomic E-state index is 0.284. The molecule has 1 aromatic carbocycles. The lowest BCUT2D eigenvalue weighted by atomic mass is 9.87. The summed E-state index contributed by atoms with van der Waals surface area (Å²) < 4.78 is 3.61. The van der Waals surface area contributed by atoms with E-state index in [1.54, 1.807) is 10.4 Å². The molecule has 0 amide bonds. The van der Waals surface area contributed by atoms with E-state index in [9.17, 15) is 0 Å². The molecule has 0 spiro atoms. The average molecular weight is 408 g/mol. The number of hydrogen-bond acceptors (Lipinski definition) is 2. The number of aromatic nitrogens is 2. The van der Waals surface area contributed by atoms with E-state index in [-0.39, 0.29) is 5.41 Å². The third-order valence-electron chi connectivity index (χ3n) is 6.44. The molecule has 1 aliphatic rings. The molecular formula is C26H35N2S+. The van der Waals surface area contributed by atoms with E-state index < -0.39 is 0 Å². The van der Waals surface area contributed by atoms with Crippen LogP contribution in [0, 0.1) is 26.2 Å². The largest absolute Gasteiger partial charge is 0.287 e. The first kappa shape index (κ1) is 20.5. The van der Waals surface area contributed by atoms with Crippen LogP contribution in [0.15, 0.2) is 18.5 Å². The van der Waals surface area contributed by atoms with Crippen molar-refractivity contribution >= 4 is 21.6 Å². The number of aryl methyl sites for hydroxylation is 3. The molecule has 1 aliphatic carbocycles. The Kier molecular flexibility index (Phi) is 5.31. The molecule has 1 fully saturated rings. The van der Waals surface area contributed by atoms with Gasteiger partial charge in [-0.05, 0) is 73.5 Å². The van der Waals surface area contributed by atoms with Crippen LogP contribution >= 0.6 is 11.3 Å². The van der Waals surface area contributed by atoms with E-state index >= 15 is 0 Å². The van der Waals surface area contributed by atoms with Gasteiger partial charge in [-0.1, -0.05) is 45.2 Å². The normalized spacial score (nSPS) is 15.6. The summed E-state index contributed by atoms with van der Waals surface area (Å²) in [6, 6.07) is 4.65. The van der Waals surface area contributed by atoms with Crippen LogP contribution in [0.4, 0.5) is 0 Å². The van der Waals surface area contributed by atoms with Crippen molar-refractivity contribution in [2.75, 3.05) is 0 Å². The van der Waals surface area contributed by atoms with Gasteiger partial charge < -0.3 is 0 Å². The maximum absolute atomic E-state index is 5.01. The molecule has 4 rings (SSSR count). The van der Waals surface area contributed by atoms with E-state index in [1.807, 2.05) is 17.7 Å². The van der Waals surface area contributed by atoms with Gasteiger partial charge >= 0.3 is 0 Å². The van der Waals surface area contributed by atoms with Gasteiger partial charge in [0.2, 0.25) is 5.52 Å². The fraction of sp³-hybridized carbons (Fsp3) is 0.538. The molecule has 2 aromatic heterocycles. The SMILES string of the molecule is Cc1cc(C)c(C)c(-c2c3sc(CC(C)(C)C)c(C4CCCC4)c3nc[n+]2C)c1. The number of fused-ring (bicyclic) bond motifs is 1. The predicted octanol–water partition coefficient (Wildman–Crippen LogP) is 6.96. The summed E-state index contributed by atoms with van der Waals surface area (Å²) in [5.41, 5.74) is 9.90. The molecule has 0 unspecified atom stereocenters. The number of nitrogens with zero attached hydrogens (tertiary/aromatic N) is 2. The van der Waals surface area contributed by atoms with Crippen molar-refractivity contribution in [1.29, 1.82) is 0 Å². The first-order chi connectivity index (χ1) is 13.7. The molecule has 3 heteroatoms. The van der Waals surface area contributed by atoms with Crippen LogP contribution in [-0.4, -0.2) is 4.98 Å². The highest BCUT2D eigenvalue weighted by Gasteiger charge is 2.32. The quantitative estimate of drug-likeness (QED) is 0.429. The molecular weight excluding hydrogens is 372 g/mol. The summed E-state index contributed by atoms with van der Waals surface area (Å²) in [5.74, 6) is 0.689. The van der Waals surface area contributed by atoms with E-state index in [0.29, 0.717) is 5.92 Å². The van der Waals surface area contributed by atoms with Crippen molar-refractivity contribution in [3.8, 4) is 11.3 Å². The zero-order chi connectivity index (χ0) is 20.9. The van der Waals surface area contributed by atoms with Gasteiger partial charge in [0.05, 0.1) is 7.05 Å². The molecule has 154 valence electrons. The zero-order valence-corrected chi connectivity index (χ0v) is 20.0. The summed E-state index contributed by atoms with van der Waals surface area (Å²) >= 11 is 2.01. The number of hydrogen-bond donors (Lipinski definition) is 0. The topological polar surface area (TPSA) is 16.8 Å². The van der Waals surface area contributed by atoms with Gasteiger partial charge in [0.15, 0.2) is 5.69 Å². The highest BCUT2D eigenvalue weighted by molar-refractivity contribution is 7.19. The Labute approximate surface area is 180 Å². The van der Waals surface area contributed by atoms with Crippen LogP contribution in [0.25, 0.3) is 21.5 Å². The van der Waals surface area contributed by atoms with Gasteiger partial charge in [-0.2, -0.15) is 0 Å². The molecule has 2 nitrogen and oxygen atoms in total. The van der Waals surface area contributed by atoms with Crippen molar-refractivity contribution in [3.05, 3.63) is 45.6 Å². The van der Waals surface area contributed by atoms with Gasteiger partial charge in [0.25, 0.3) is 6.33 Å². The van der Waals surface area contributed by atoms with Gasteiger partial charge in [0, 0.05) is 16.0 Å². The Hall–Kier alpha value is -1.74. The lowest BCUT2D eigenvalue weighted by Gasteiger charge is -2.19.